The van der Waals surface area contributed by atoms with Crippen LogP contribution >= 0.6 is 0 Å². The first kappa shape index (κ1) is 10.6. The van der Waals surface area contributed by atoms with E-state index in [2.05, 4.69) is 16.7 Å². The summed E-state index contributed by atoms with van der Waals surface area (Å²) in [6.45, 7) is 5.36. The van der Waals surface area contributed by atoms with E-state index in [4.69, 9.17) is 10.5 Å². The summed E-state index contributed by atoms with van der Waals surface area (Å²) < 4.78 is 1.43. The molecule has 5 heteroatoms. The fourth-order valence-corrected chi connectivity index (χ4v) is 1.09. The van der Waals surface area contributed by atoms with Gasteiger partial charge in [-0.05, 0) is 19.4 Å². The number of aliphatic hydroxyl groups excluding tert-OH is 1. The molecule has 0 saturated heterocycles. The lowest BCUT2D eigenvalue weighted by Gasteiger charge is -1.96. The van der Waals surface area contributed by atoms with E-state index in [1.54, 1.807) is 13.0 Å². The van der Waals surface area contributed by atoms with Crippen molar-refractivity contribution in [3.63, 3.8) is 0 Å². The van der Waals surface area contributed by atoms with Gasteiger partial charge in [-0.15, -0.1) is 5.10 Å². The first-order valence-electron chi connectivity index (χ1n) is 4.43. The third kappa shape index (κ3) is 2.26. The van der Waals surface area contributed by atoms with Crippen LogP contribution in [0.2, 0.25) is 0 Å². The molecule has 1 rings (SSSR count). The Hall–Kier alpha value is -1.49. The zero-order chi connectivity index (χ0) is 10.6. The highest BCUT2D eigenvalue weighted by Gasteiger charge is 2.07. The number of nitrogens with one attached hydrogen (secondary N) is 1. The molecule has 76 valence electrons. The smallest absolute Gasteiger partial charge is 0.157 e. The number of nitrogens with zero attached hydrogens (tertiary/aromatic N) is 3. The van der Waals surface area contributed by atoms with Gasteiger partial charge in [-0.1, -0.05) is 6.58 Å². The molecule has 0 aliphatic heterocycles. The van der Waals surface area contributed by atoms with Gasteiger partial charge in [-0.3, -0.25) is 5.41 Å². The van der Waals surface area contributed by atoms with E-state index in [0.717, 1.165) is 0 Å². The number of hydrogen-bond acceptors (Lipinski definition) is 4. The average Bonchev–Trinajstić information content (AvgIpc) is 2.57. The molecule has 0 spiro atoms. The Morgan fingerprint density at radius 3 is 2.86 bits per heavy atom. The molecule has 1 aromatic heterocycles. The van der Waals surface area contributed by atoms with Crippen molar-refractivity contribution in [1.82, 2.24) is 14.8 Å². The lowest BCUT2D eigenvalue weighted by molar-refractivity contribution is 0.287. The molecule has 0 unspecified atom stereocenters. The van der Waals surface area contributed by atoms with E-state index >= 15 is 0 Å². The molecule has 0 amide bonds. The van der Waals surface area contributed by atoms with Gasteiger partial charge in [0.15, 0.2) is 11.6 Å². The first-order valence-corrected chi connectivity index (χ1v) is 4.43. The van der Waals surface area contributed by atoms with Crippen LogP contribution in [-0.4, -0.2) is 32.3 Å². The van der Waals surface area contributed by atoms with E-state index in [1.165, 1.54) is 4.68 Å². The molecule has 5 nitrogen and oxygen atoms in total. The molecule has 0 bridgehead atoms. The van der Waals surface area contributed by atoms with Crippen LogP contribution in [-0.2, 0) is 6.42 Å². The number of aliphatic hydroxyl groups is 1. The van der Waals surface area contributed by atoms with Gasteiger partial charge in [-0.2, -0.15) is 0 Å². The van der Waals surface area contributed by atoms with Crippen molar-refractivity contribution in [3.05, 3.63) is 18.2 Å². The molecular weight excluding hydrogens is 180 g/mol. The first-order chi connectivity index (χ1) is 6.69. The Balaban J connectivity index is 2.89. The van der Waals surface area contributed by atoms with Crippen molar-refractivity contribution < 1.29 is 5.11 Å². The van der Waals surface area contributed by atoms with E-state index in [-0.39, 0.29) is 6.61 Å². The second-order valence-electron chi connectivity index (χ2n) is 2.91. The van der Waals surface area contributed by atoms with E-state index in [1.807, 2.05) is 0 Å². The minimum atomic E-state index is 0.127. The largest absolute Gasteiger partial charge is 0.396 e. The summed E-state index contributed by atoms with van der Waals surface area (Å²) in [6, 6.07) is 0. The van der Waals surface area contributed by atoms with Gasteiger partial charge in [-0.25, -0.2) is 9.67 Å². The van der Waals surface area contributed by atoms with Crippen LogP contribution in [0, 0.1) is 5.41 Å². The molecular formula is C9H14N4O. The molecule has 2 N–H and O–H groups in total. The van der Waals surface area contributed by atoms with Gasteiger partial charge >= 0.3 is 0 Å². The highest BCUT2D eigenvalue weighted by Crippen LogP contribution is 2.02. The lowest BCUT2D eigenvalue weighted by atomic mass is 10.3. The van der Waals surface area contributed by atoms with Crippen LogP contribution in [0.5, 0.6) is 0 Å². The summed E-state index contributed by atoms with van der Waals surface area (Å²) in [6.07, 6.45) is 2.82. The van der Waals surface area contributed by atoms with Gasteiger partial charge in [0.05, 0.1) is 0 Å². The minimum absolute atomic E-state index is 0.127. The Bertz CT molecular complexity index is 343. The highest BCUT2D eigenvalue weighted by atomic mass is 16.2. The maximum Gasteiger partial charge on any atom is 0.157 e. The maximum absolute atomic E-state index is 8.65. The fraction of sp³-hybridized carbons (Fsp3) is 0.444. The summed E-state index contributed by atoms with van der Waals surface area (Å²) in [5, 5.41) is 20.2. The van der Waals surface area contributed by atoms with Gasteiger partial charge in [0.2, 0.25) is 0 Å². The van der Waals surface area contributed by atoms with Crippen molar-refractivity contribution in [2.75, 3.05) is 6.61 Å². The van der Waals surface area contributed by atoms with Crippen molar-refractivity contribution in [2.45, 2.75) is 19.8 Å². The standard InChI is InChI=1S/C9H14N4O/c1-3-9-11-8(5-4-6-14)12-13(9)7(2)10/h3,10,14H,1,4-6H2,2H3. The normalized spacial score (nSPS) is 10.1. The molecule has 14 heavy (non-hydrogen) atoms. The number of aryl methyl sites for hydroxylation is 1. The zero-order valence-corrected chi connectivity index (χ0v) is 8.19. The molecule has 0 atom stereocenters. The van der Waals surface area contributed by atoms with E-state index in [0.29, 0.717) is 30.3 Å². The molecule has 0 fully saturated rings. The SMILES string of the molecule is C=Cc1nc(CCCO)nn1C(C)=N. The van der Waals surface area contributed by atoms with E-state index in [9.17, 15) is 0 Å². The fourth-order valence-electron chi connectivity index (χ4n) is 1.09. The Kier molecular flexibility index (Phi) is 3.53. The number of rotatable bonds is 4. The van der Waals surface area contributed by atoms with Crippen molar-refractivity contribution in [2.24, 2.45) is 0 Å². The molecule has 0 aliphatic rings. The molecule has 0 aromatic carbocycles. The predicted octanol–water partition coefficient (Wildman–Crippen LogP) is 0.691. The highest BCUT2D eigenvalue weighted by molar-refractivity contribution is 5.79. The number of hydrogen-bond donors (Lipinski definition) is 2. The summed E-state index contributed by atoms with van der Waals surface area (Å²) in [7, 11) is 0. The van der Waals surface area contributed by atoms with Gasteiger partial charge < -0.3 is 5.11 Å². The van der Waals surface area contributed by atoms with Gasteiger partial charge in [0.1, 0.15) is 5.84 Å². The Morgan fingerprint density at radius 2 is 2.43 bits per heavy atom. The second-order valence-corrected chi connectivity index (χ2v) is 2.91. The zero-order valence-electron chi connectivity index (χ0n) is 8.19. The molecule has 1 heterocycles. The molecule has 0 aliphatic carbocycles. The minimum Gasteiger partial charge on any atom is -0.396 e. The Labute approximate surface area is 82.6 Å². The quantitative estimate of drug-likeness (QED) is 0.547. The second kappa shape index (κ2) is 4.66. The number of aromatic nitrogens is 3. The topological polar surface area (TPSA) is 74.8 Å². The molecule has 0 radical (unpaired) electrons. The van der Waals surface area contributed by atoms with Crippen LogP contribution in [0.4, 0.5) is 0 Å². The van der Waals surface area contributed by atoms with Crippen LogP contribution in [0.15, 0.2) is 6.58 Å². The summed E-state index contributed by atoms with van der Waals surface area (Å²) in [4.78, 5) is 4.17. The molecule has 1 aromatic rings. The summed E-state index contributed by atoms with van der Waals surface area (Å²) in [5.74, 6) is 1.52. The average molecular weight is 194 g/mol. The lowest BCUT2D eigenvalue weighted by Crippen LogP contribution is -2.09. The van der Waals surface area contributed by atoms with Crippen molar-refractivity contribution in [3.8, 4) is 0 Å². The Morgan fingerprint density at radius 1 is 1.71 bits per heavy atom. The van der Waals surface area contributed by atoms with Crippen LogP contribution in [0.25, 0.3) is 6.08 Å². The summed E-state index contributed by atoms with van der Waals surface area (Å²) >= 11 is 0. The van der Waals surface area contributed by atoms with Crippen molar-refractivity contribution in [1.29, 1.82) is 5.41 Å². The van der Waals surface area contributed by atoms with Crippen LogP contribution in [0.3, 0.4) is 0 Å². The summed E-state index contributed by atoms with van der Waals surface area (Å²) in [5.41, 5.74) is 0. The van der Waals surface area contributed by atoms with Gasteiger partial charge in [0, 0.05) is 13.0 Å². The van der Waals surface area contributed by atoms with E-state index < -0.39 is 0 Å². The maximum atomic E-state index is 8.65. The predicted molar refractivity (Wildman–Crippen MR) is 54.3 cm³/mol. The third-order valence-electron chi connectivity index (χ3n) is 1.73. The van der Waals surface area contributed by atoms with Crippen LogP contribution < -0.4 is 0 Å². The third-order valence-corrected chi connectivity index (χ3v) is 1.73. The van der Waals surface area contributed by atoms with Crippen molar-refractivity contribution >= 4 is 11.9 Å². The van der Waals surface area contributed by atoms with Crippen LogP contribution in [0.1, 0.15) is 25.0 Å². The molecule has 0 saturated carbocycles. The monoisotopic (exact) mass is 194 g/mol. The van der Waals surface area contributed by atoms with Gasteiger partial charge in [0.25, 0.3) is 0 Å².